The quantitative estimate of drug-likeness (QED) is 0.719. The molecule has 1 saturated heterocycles. The number of amides is 2. The normalized spacial score (nSPS) is 30.9. The molecule has 1 saturated carbocycles. The van der Waals surface area contributed by atoms with Gasteiger partial charge in [0.2, 0.25) is 0 Å². The van der Waals surface area contributed by atoms with Crippen molar-refractivity contribution in [1.29, 1.82) is 0 Å². The maximum absolute atomic E-state index is 11.9. The van der Waals surface area contributed by atoms with Crippen LogP contribution >= 0.6 is 0 Å². The molecule has 2 rings (SSSR count). The van der Waals surface area contributed by atoms with Crippen LogP contribution in [-0.4, -0.2) is 54.2 Å². The van der Waals surface area contributed by atoms with Crippen molar-refractivity contribution < 1.29 is 14.7 Å². The predicted octanol–water partition coefficient (Wildman–Crippen LogP) is 1.02. The van der Waals surface area contributed by atoms with E-state index in [0.29, 0.717) is 19.0 Å². The van der Waals surface area contributed by atoms with Crippen LogP contribution in [0, 0.1) is 5.92 Å². The molecule has 3 N–H and O–H groups in total. The molecule has 6 nitrogen and oxygen atoms in total. The summed E-state index contributed by atoms with van der Waals surface area (Å²) < 4.78 is 0. The van der Waals surface area contributed by atoms with Crippen molar-refractivity contribution in [2.24, 2.45) is 5.92 Å². The Labute approximate surface area is 119 Å². The summed E-state index contributed by atoms with van der Waals surface area (Å²) in [6, 6.07) is 0.256. The fourth-order valence-electron chi connectivity index (χ4n) is 3.23. The van der Waals surface area contributed by atoms with E-state index in [0.717, 1.165) is 32.2 Å². The Bertz CT molecular complexity index is 362. The van der Waals surface area contributed by atoms with E-state index in [1.54, 1.807) is 0 Å². The number of hydrogen-bond acceptors (Lipinski definition) is 3. The van der Waals surface area contributed by atoms with E-state index >= 15 is 0 Å². The van der Waals surface area contributed by atoms with Crippen LogP contribution in [0.4, 0.5) is 4.79 Å². The molecule has 2 fully saturated rings. The number of nitrogens with one attached hydrogen (secondary N) is 2. The molecule has 114 valence electrons. The molecule has 20 heavy (non-hydrogen) atoms. The summed E-state index contributed by atoms with van der Waals surface area (Å²) in [5.74, 6) is -1.06. The average Bonchev–Trinajstić information content (AvgIpc) is 2.82. The van der Waals surface area contributed by atoms with E-state index in [9.17, 15) is 9.59 Å². The Morgan fingerprint density at radius 1 is 1.25 bits per heavy atom. The summed E-state index contributed by atoms with van der Waals surface area (Å²) in [4.78, 5) is 25.1. The zero-order chi connectivity index (χ0) is 14.5. The largest absolute Gasteiger partial charge is 0.481 e. The van der Waals surface area contributed by atoms with Gasteiger partial charge in [0.1, 0.15) is 0 Å². The smallest absolute Gasteiger partial charge is 0.315 e. The Balaban J connectivity index is 1.69. The molecular formula is C14H25N3O3. The van der Waals surface area contributed by atoms with Gasteiger partial charge in [0.05, 0.1) is 5.92 Å². The molecule has 0 aromatic heterocycles. The molecule has 2 amide bonds. The lowest BCUT2D eigenvalue weighted by Gasteiger charge is -2.28. The van der Waals surface area contributed by atoms with Crippen molar-refractivity contribution in [1.82, 2.24) is 15.5 Å². The van der Waals surface area contributed by atoms with E-state index in [1.165, 1.54) is 6.42 Å². The number of carboxylic acids is 1. The average molecular weight is 283 g/mol. The van der Waals surface area contributed by atoms with Crippen molar-refractivity contribution in [2.75, 3.05) is 20.1 Å². The van der Waals surface area contributed by atoms with Gasteiger partial charge < -0.3 is 20.6 Å². The van der Waals surface area contributed by atoms with E-state index in [1.807, 2.05) is 0 Å². The first kappa shape index (κ1) is 15.1. The topological polar surface area (TPSA) is 81.7 Å². The molecule has 2 aliphatic rings. The summed E-state index contributed by atoms with van der Waals surface area (Å²) in [6.07, 6.45) is 5.33. The van der Waals surface area contributed by atoms with Crippen LogP contribution in [0.5, 0.6) is 0 Å². The van der Waals surface area contributed by atoms with E-state index < -0.39 is 5.97 Å². The number of likely N-dealkylation sites (N-methyl/N-ethyl adjacent to an activating group) is 1. The minimum atomic E-state index is -0.746. The van der Waals surface area contributed by atoms with Gasteiger partial charge in [-0.15, -0.1) is 0 Å². The standard InChI is InChI=1S/C14H25N3O3/c1-17-7-3-6-12(17)9-15-14(20)16-11-5-2-4-10(8-11)13(18)19/h10-12H,2-9H2,1H3,(H,18,19)(H2,15,16,20). The van der Waals surface area contributed by atoms with Gasteiger partial charge in [0.25, 0.3) is 0 Å². The van der Waals surface area contributed by atoms with E-state index in [2.05, 4.69) is 22.6 Å². The highest BCUT2D eigenvalue weighted by Crippen LogP contribution is 2.24. The highest BCUT2D eigenvalue weighted by atomic mass is 16.4. The van der Waals surface area contributed by atoms with Crippen molar-refractivity contribution in [3.63, 3.8) is 0 Å². The van der Waals surface area contributed by atoms with Crippen molar-refractivity contribution >= 4 is 12.0 Å². The van der Waals surface area contributed by atoms with Gasteiger partial charge >= 0.3 is 12.0 Å². The zero-order valence-electron chi connectivity index (χ0n) is 12.1. The SMILES string of the molecule is CN1CCCC1CNC(=O)NC1CCCC(C(=O)O)C1. The maximum atomic E-state index is 11.9. The van der Waals surface area contributed by atoms with Crippen LogP contribution < -0.4 is 10.6 Å². The van der Waals surface area contributed by atoms with Crippen LogP contribution in [0.3, 0.4) is 0 Å². The fourth-order valence-corrected chi connectivity index (χ4v) is 3.23. The summed E-state index contributed by atoms with van der Waals surface area (Å²) in [5.41, 5.74) is 0. The van der Waals surface area contributed by atoms with Gasteiger partial charge in [-0.2, -0.15) is 0 Å². The number of carbonyl (C=O) groups is 2. The Morgan fingerprint density at radius 3 is 2.70 bits per heavy atom. The van der Waals surface area contributed by atoms with Crippen LogP contribution in [0.25, 0.3) is 0 Å². The third-order valence-corrected chi connectivity index (χ3v) is 4.53. The lowest BCUT2D eigenvalue weighted by molar-refractivity contribution is -0.143. The van der Waals surface area contributed by atoms with Gasteiger partial charge in [0, 0.05) is 18.6 Å². The number of likely N-dealkylation sites (tertiary alicyclic amines) is 1. The number of rotatable bonds is 4. The van der Waals surface area contributed by atoms with Gasteiger partial charge in [-0.05, 0) is 45.7 Å². The summed E-state index contributed by atoms with van der Waals surface area (Å²) in [7, 11) is 2.08. The van der Waals surface area contributed by atoms with E-state index in [4.69, 9.17) is 5.11 Å². The van der Waals surface area contributed by atoms with E-state index in [-0.39, 0.29) is 18.0 Å². The summed E-state index contributed by atoms with van der Waals surface area (Å²) in [5, 5.41) is 14.9. The van der Waals surface area contributed by atoms with Crippen LogP contribution in [0.1, 0.15) is 38.5 Å². The van der Waals surface area contributed by atoms with Crippen molar-refractivity contribution in [2.45, 2.75) is 50.6 Å². The molecule has 0 spiro atoms. The number of hydrogen-bond donors (Lipinski definition) is 3. The number of nitrogens with zero attached hydrogens (tertiary/aromatic N) is 1. The second-order valence-corrected chi connectivity index (χ2v) is 6.03. The maximum Gasteiger partial charge on any atom is 0.315 e. The van der Waals surface area contributed by atoms with Crippen LogP contribution in [0.2, 0.25) is 0 Å². The monoisotopic (exact) mass is 283 g/mol. The van der Waals surface area contributed by atoms with Crippen LogP contribution in [-0.2, 0) is 4.79 Å². The molecule has 0 radical (unpaired) electrons. The van der Waals surface area contributed by atoms with Crippen LogP contribution in [0.15, 0.2) is 0 Å². The highest BCUT2D eigenvalue weighted by Gasteiger charge is 2.28. The van der Waals surface area contributed by atoms with Gasteiger partial charge in [0.15, 0.2) is 0 Å². The molecule has 0 aromatic rings. The first-order valence-corrected chi connectivity index (χ1v) is 7.53. The Hall–Kier alpha value is -1.30. The minimum Gasteiger partial charge on any atom is -0.481 e. The number of carbonyl (C=O) groups excluding carboxylic acids is 1. The third-order valence-electron chi connectivity index (χ3n) is 4.53. The van der Waals surface area contributed by atoms with Gasteiger partial charge in [-0.1, -0.05) is 6.42 Å². The molecular weight excluding hydrogens is 258 g/mol. The molecule has 3 atom stereocenters. The van der Waals surface area contributed by atoms with Crippen molar-refractivity contribution in [3.05, 3.63) is 0 Å². The Morgan fingerprint density at radius 2 is 2.05 bits per heavy atom. The van der Waals surface area contributed by atoms with Crippen molar-refractivity contribution in [3.8, 4) is 0 Å². The van der Waals surface area contributed by atoms with Gasteiger partial charge in [-0.3, -0.25) is 4.79 Å². The molecule has 6 heteroatoms. The minimum absolute atomic E-state index is 0.00819. The molecule has 3 unspecified atom stereocenters. The first-order chi connectivity index (χ1) is 9.56. The number of urea groups is 1. The zero-order valence-corrected chi connectivity index (χ0v) is 12.1. The molecule has 0 aromatic carbocycles. The molecule has 1 heterocycles. The second kappa shape index (κ2) is 6.92. The second-order valence-electron chi connectivity index (χ2n) is 6.03. The van der Waals surface area contributed by atoms with Gasteiger partial charge in [-0.25, -0.2) is 4.79 Å². The summed E-state index contributed by atoms with van der Waals surface area (Å²) in [6.45, 7) is 1.76. The molecule has 1 aliphatic carbocycles. The summed E-state index contributed by atoms with van der Waals surface area (Å²) >= 11 is 0. The highest BCUT2D eigenvalue weighted by molar-refractivity contribution is 5.74. The Kier molecular flexibility index (Phi) is 5.23. The third kappa shape index (κ3) is 4.10. The molecule has 1 aliphatic heterocycles. The fraction of sp³-hybridized carbons (Fsp3) is 0.857. The number of carboxylic acid groups (broad SMARTS) is 1. The lowest BCUT2D eigenvalue weighted by atomic mass is 9.86. The lowest BCUT2D eigenvalue weighted by Crippen LogP contribution is -2.47. The molecule has 0 bridgehead atoms. The number of aliphatic carboxylic acids is 1. The predicted molar refractivity (Wildman–Crippen MR) is 75.6 cm³/mol. The first-order valence-electron chi connectivity index (χ1n) is 7.53.